The number of aryl methyl sites for hydroxylation is 1. The Bertz CT molecular complexity index is 963. The summed E-state index contributed by atoms with van der Waals surface area (Å²) in [5.41, 5.74) is 2.61. The van der Waals surface area contributed by atoms with Crippen LogP contribution in [0.2, 0.25) is 0 Å². The molecule has 0 aromatic heterocycles. The smallest absolute Gasteiger partial charge is 0.310 e. The lowest BCUT2D eigenvalue weighted by molar-refractivity contribution is -0.146. The first-order valence-electron chi connectivity index (χ1n) is 8.21. The molecule has 1 amide bonds. The van der Waals surface area contributed by atoms with E-state index >= 15 is 0 Å². The van der Waals surface area contributed by atoms with E-state index in [1.54, 1.807) is 6.07 Å². The Balaban J connectivity index is 1.56. The molecule has 0 fully saturated rings. The van der Waals surface area contributed by atoms with E-state index in [1.165, 1.54) is 0 Å². The topological polar surface area (TPSA) is 55.4 Å². The van der Waals surface area contributed by atoms with Gasteiger partial charge in [-0.25, -0.2) is 0 Å². The summed E-state index contributed by atoms with van der Waals surface area (Å²) in [7, 11) is 0. The van der Waals surface area contributed by atoms with Crippen LogP contribution in [-0.2, 0) is 20.7 Å². The molecule has 132 valence electrons. The average molecular weight is 412 g/mol. The van der Waals surface area contributed by atoms with Gasteiger partial charge in [0.2, 0.25) is 0 Å². The van der Waals surface area contributed by atoms with Crippen molar-refractivity contribution < 1.29 is 14.3 Å². The number of ether oxygens (including phenoxy) is 1. The van der Waals surface area contributed by atoms with E-state index in [4.69, 9.17) is 4.74 Å². The van der Waals surface area contributed by atoms with Crippen molar-refractivity contribution in [3.8, 4) is 0 Å². The Kier molecular flexibility index (Phi) is 5.68. The van der Waals surface area contributed by atoms with Crippen molar-refractivity contribution in [1.29, 1.82) is 0 Å². The molecule has 3 rings (SSSR count). The van der Waals surface area contributed by atoms with Gasteiger partial charge in [-0.1, -0.05) is 64.5 Å². The summed E-state index contributed by atoms with van der Waals surface area (Å²) in [6.45, 7) is 1.65. The third-order valence-corrected chi connectivity index (χ3v) is 4.89. The van der Waals surface area contributed by atoms with E-state index in [1.807, 2.05) is 61.5 Å². The van der Waals surface area contributed by atoms with Gasteiger partial charge in [-0.15, -0.1) is 0 Å². The summed E-state index contributed by atoms with van der Waals surface area (Å²) >= 11 is 3.42. The van der Waals surface area contributed by atoms with Gasteiger partial charge in [0.25, 0.3) is 5.91 Å². The molecule has 0 atom stereocenters. The van der Waals surface area contributed by atoms with Gasteiger partial charge in [0.1, 0.15) is 0 Å². The summed E-state index contributed by atoms with van der Waals surface area (Å²) in [6, 6.07) is 19.2. The zero-order valence-corrected chi connectivity index (χ0v) is 15.9. The monoisotopic (exact) mass is 411 g/mol. The zero-order valence-electron chi connectivity index (χ0n) is 14.3. The number of benzene rings is 3. The Labute approximate surface area is 160 Å². The largest absolute Gasteiger partial charge is 0.455 e. The second kappa shape index (κ2) is 8.15. The molecule has 3 aromatic carbocycles. The number of amides is 1. The fraction of sp³-hybridized carbons (Fsp3) is 0.143. The summed E-state index contributed by atoms with van der Waals surface area (Å²) in [5, 5.41) is 4.80. The Morgan fingerprint density at radius 2 is 1.81 bits per heavy atom. The lowest BCUT2D eigenvalue weighted by Gasteiger charge is -2.09. The lowest BCUT2D eigenvalue weighted by atomic mass is 10.0. The number of rotatable bonds is 5. The third-order valence-electron chi connectivity index (χ3n) is 4.03. The number of carbonyl (C=O) groups is 2. The minimum Gasteiger partial charge on any atom is -0.455 e. The number of hydrogen-bond acceptors (Lipinski definition) is 3. The van der Waals surface area contributed by atoms with Crippen LogP contribution in [0.4, 0.5) is 5.69 Å². The molecule has 5 heteroatoms. The summed E-state index contributed by atoms with van der Waals surface area (Å²) in [6.07, 6.45) is 0.130. The van der Waals surface area contributed by atoms with Crippen molar-refractivity contribution >= 4 is 44.3 Å². The van der Waals surface area contributed by atoms with Crippen LogP contribution in [0.3, 0.4) is 0 Å². The quantitative estimate of drug-likeness (QED) is 0.622. The van der Waals surface area contributed by atoms with E-state index in [-0.39, 0.29) is 18.9 Å². The van der Waals surface area contributed by atoms with Crippen molar-refractivity contribution in [1.82, 2.24) is 0 Å². The number of carbonyl (C=O) groups excluding carboxylic acids is 2. The molecule has 3 aromatic rings. The molecule has 0 aliphatic heterocycles. The van der Waals surface area contributed by atoms with Crippen molar-refractivity contribution in [3.63, 3.8) is 0 Å². The van der Waals surface area contributed by atoms with Gasteiger partial charge >= 0.3 is 5.97 Å². The SMILES string of the molecule is Cc1ccc(NC(=O)COC(=O)Cc2cccc3ccccc23)cc1Br. The molecule has 0 spiro atoms. The fourth-order valence-electron chi connectivity index (χ4n) is 2.67. The highest BCUT2D eigenvalue weighted by molar-refractivity contribution is 9.10. The molecule has 0 heterocycles. The van der Waals surface area contributed by atoms with Crippen LogP contribution in [0, 0.1) is 6.92 Å². The van der Waals surface area contributed by atoms with Gasteiger partial charge in [-0.2, -0.15) is 0 Å². The minimum atomic E-state index is -0.429. The van der Waals surface area contributed by atoms with Crippen LogP contribution in [0.5, 0.6) is 0 Å². The molecule has 0 saturated heterocycles. The van der Waals surface area contributed by atoms with Crippen LogP contribution in [0.1, 0.15) is 11.1 Å². The zero-order chi connectivity index (χ0) is 18.5. The molecule has 0 radical (unpaired) electrons. The van der Waals surface area contributed by atoms with Gasteiger partial charge < -0.3 is 10.1 Å². The highest BCUT2D eigenvalue weighted by Crippen LogP contribution is 2.21. The summed E-state index contributed by atoms with van der Waals surface area (Å²) in [4.78, 5) is 24.1. The maximum atomic E-state index is 12.1. The summed E-state index contributed by atoms with van der Waals surface area (Å²) in [5.74, 6) is -0.798. The van der Waals surface area contributed by atoms with Crippen LogP contribution in [0.15, 0.2) is 65.1 Å². The van der Waals surface area contributed by atoms with Gasteiger partial charge in [0, 0.05) is 10.2 Å². The van der Waals surface area contributed by atoms with Gasteiger partial charge in [-0.3, -0.25) is 9.59 Å². The lowest BCUT2D eigenvalue weighted by Crippen LogP contribution is -2.21. The average Bonchev–Trinajstić information content (AvgIpc) is 2.63. The van der Waals surface area contributed by atoms with E-state index in [2.05, 4.69) is 21.2 Å². The van der Waals surface area contributed by atoms with Crippen molar-refractivity contribution in [2.24, 2.45) is 0 Å². The van der Waals surface area contributed by atoms with Crippen LogP contribution < -0.4 is 5.32 Å². The molecule has 26 heavy (non-hydrogen) atoms. The number of fused-ring (bicyclic) bond motifs is 1. The normalized spacial score (nSPS) is 10.5. The standard InChI is InChI=1S/C21H18BrNO3/c1-14-9-10-17(12-19(14)22)23-20(24)13-26-21(25)11-16-7-4-6-15-5-2-3-8-18(15)16/h2-10,12H,11,13H2,1H3,(H,23,24). The molecule has 0 aliphatic carbocycles. The maximum Gasteiger partial charge on any atom is 0.310 e. The van der Waals surface area contributed by atoms with E-state index < -0.39 is 5.97 Å². The number of nitrogens with one attached hydrogen (secondary N) is 1. The third kappa shape index (κ3) is 4.49. The maximum absolute atomic E-state index is 12.1. The second-order valence-corrected chi connectivity index (χ2v) is 6.84. The predicted octanol–water partition coefficient (Wildman–Crippen LogP) is 4.64. The molecule has 0 aliphatic rings. The Hall–Kier alpha value is -2.66. The van der Waals surface area contributed by atoms with E-state index in [0.717, 1.165) is 26.4 Å². The summed E-state index contributed by atoms with van der Waals surface area (Å²) < 4.78 is 6.03. The van der Waals surface area contributed by atoms with E-state index in [0.29, 0.717) is 5.69 Å². The fourth-order valence-corrected chi connectivity index (χ4v) is 3.05. The minimum absolute atomic E-state index is 0.130. The number of anilines is 1. The second-order valence-electron chi connectivity index (χ2n) is 5.99. The van der Waals surface area contributed by atoms with E-state index in [9.17, 15) is 9.59 Å². The molecule has 1 N–H and O–H groups in total. The first-order valence-corrected chi connectivity index (χ1v) is 9.00. The number of esters is 1. The molecular formula is C21H18BrNO3. The number of halogens is 1. The molecule has 0 saturated carbocycles. The molecule has 4 nitrogen and oxygen atoms in total. The van der Waals surface area contributed by atoms with Gasteiger partial charge in [0.05, 0.1) is 6.42 Å². The van der Waals surface area contributed by atoms with Gasteiger partial charge in [0.15, 0.2) is 6.61 Å². The first-order chi connectivity index (χ1) is 12.5. The predicted molar refractivity (Wildman–Crippen MR) is 106 cm³/mol. The van der Waals surface area contributed by atoms with Crippen LogP contribution in [-0.4, -0.2) is 18.5 Å². The van der Waals surface area contributed by atoms with Crippen molar-refractivity contribution in [3.05, 3.63) is 76.3 Å². The Morgan fingerprint density at radius 3 is 2.62 bits per heavy atom. The molecule has 0 unspecified atom stereocenters. The highest BCUT2D eigenvalue weighted by atomic mass is 79.9. The first kappa shape index (κ1) is 18.1. The van der Waals surface area contributed by atoms with Crippen LogP contribution in [0.25, 0.3) is 10.8 Å². The molecule has 0 bridgehead atoms. The molecular weight excluding hydrogens is 394 g/mol. The van der Waals surface area contributed by atoms with Crippen LogP contribution >= 0.6 is 15.9 Å². The van der Waals surface area contributed by atoms with Crippen molar-refractivity contribution in [2.75, 3.05) is 11.9 Å². The Morgan fingerprint density at radius 1 is 1.04 bits per heavy atom. The number of hydrogen-bond donors (Lipinski definition) is 1. The van der Waals surface area contributed by atoms with Crippen molar-refractivity contribution in [2.45, 2.75) is 13.3 Å². The van der Waals surface area contributed by atoms with Gasteiger partial charge in [-0.05, 0) is 41.0 Å². The highest BCUT2D eigenvalue weighted by Gasteiger charge is 2.11.